The Morgan fingerprint density at radius 3 is 2.84 bits per heavy atom. The molecule has 0 aromatic heterocycles. The van der Waals surface area contributed by atoms with E-state index in [1.807, 2.05) is 13.0 Å². The van der Waals surface area contributed by atoms with Crippen LogP contribution in [-0.4, -0.2) is 31.1 Å². The molecule has 0 saturated heterocycles. The number of hydrogen-bond acceptors (Lipinski definition) is 3. The second kappa shape index (κ2) is 8.32. The summed E-state index contributed by atoms with van der Waals surface area (Å²) in [5.41, 5.74) is 3.54. The SMILES string of the molecule is COC[C@H](C)NC(=S)N/N=C\c1ccc(Cl)c(Cl)c1. The van der Waals surface area contributed by atoms with Gasteiger partial charge in [-0.1, -0.05) is 29.3 Å². The topological polar surface area (TPSA) is 45.6 Å². The fourth-order valence-corrected chi connectivity index (χ4v) is 1.87. The van der Waals surface area contributed by atoms with Crippen LogP contribution in [0.5, 0.6) is 0 Å². The van der Waals surface area contributed by atoms with Crippen LogP contribution in [0.15, 0.2) is 23.3 Å². The van der Waals surface area contributed by atoms with Crippen molar-refractivity contribution in [2.24, 2.45) is 5.10 Å². The van der Waals surface area contributed by atoms with E-state index in [2.05, 4.69) is 15.8 Å². The van der Waals surface area contributed by atoms with Gasteiger partial charge < -0.3 is 10.1 Å². The smallest absolute Gasteiger partial charge is 0.187 e. The molecule has 0 unspecified atom stereocenters. The fourth-order valence-electron chi connectivity index (χ4n) is 1.31. The van der Waals surface area contributed by atoms with Crippen LogP contribution in [0.3, 0.4) is 0 Å². The zero-order chi connectivity index (χ0) is 14.3. The first-order chi connectivity index (χ1) is 9.02. The average molecular weight is 320 g/mol. The van der Waals surface area contributed by atoms with Gasteiger partial charge in [0.2, 0.25) is 0 Å². The first-order valence-corrected chi connectivity index (χ1v) is 6.73. The molecule has 0 saturated carbocycles. The van der Waals surface area contributed by atoms with E-state index >= 15 is 0 Å². The van der Waals surface area contributed by atoms with Crippen molar-refractivity contribution in [1.82, 2.24) is 10.7 Å². The molecule has 1 aromatic rings. The average Bonchev–Trinajstić information content (AvgIpc) is 2.34. The van der Waals surface area contributed by atoms with Gasteiger partial charge in [-0.2, -0.15) is 5.10 Å². The highest BCUT2D eigenvalue weighted by atomic mass is 35.5. The van der Waals surface area contributed by atoms with E-state index in [-0.39, 0.29) is 6.04 Å². The molecular weight excluding hydrogens is 305 g/mol. The second-order valence-corrected chi connectivity index (χ2v) is 5.10. The van der Waals surface area contributed by atoms with Gasteiger partial charge in [0.05, 0.1) is 22.9 Å². The number of rotatable bonds is 5. The van der Waals surface area contributed by atoms with Crippen LogP contribution < -0.4 is 10.7 Å². The summed E-state index contributed by atoms with van der Waals surface area (Å²) in [4.78, 5) is 0. The molecule has 0 radical (unpaired) electrons. The number of halogens is 2. The number of hydrogen-bond donors (Lipinski definition) is 2. The van der Waals surface area contributed by atoms with E-state index in [1.165, 1.54) is 0 Å². The molecule has 4 nitrogen and oxygen atoms in total. The van der Waals surface area contributed by atoms with Crippen molar-refractivity contribution in [3.8, 4) is 0 Å². The Morgan fingerprint density at radius 2 is 2.21 bits per heavy atom. The summed E-state index contributed by atoms with van der Waals surface area (Å²) in [6, 6.07) is 5.36. The van der Waals surface area contributed by atoms with Gasteiger partial charge in [0, 0.05) is 13.2 Å². The molecule has 0 amide bonds. The van der Waals surface area contributed by atoms with Gasteiger partial charge in [0.25, 0.3) is 0 Å². The largest absolute Gasteiger partial charge is 0.383 e. The minimum absolute atomic E-state index is 0.116. The third-order valence-electron chi connectivity index (χ3n) is 2.12. The van der Waals surface area contributed by atoms with Crippen molar-refractivity contribution < 1.29 is 4.74 Å². The second-order valence-electron chi connectivity index (χ2n) is 3.87. The van der Waals surface area contributed by atoms with Crippen molar-refractivity contribution in [2.75, 3.05) is 13.7 Å². The van der Waals surface area contributed by atoms with Crippen LogP contribution in [0, 0.1) is 0 Å². The lowest BCUT2D eigenvalue weighted by Gasteiger charge is -2.13. The zero-order valence-corrected chi connectivity index (χ0v) is 12.9. The van der Waals surface area contributed by atoms with Gasteiger partial charge >= 0.3 is 0 Å². The number of ether oxygens (including phenoxy) is 1. The Balaban J connectivity index is 2.45. The summed E-state index contributed by atoms with van der Waals surface area (Å²) in [6.07, 6.45) is 1.61. The number of nitrogens with zero attached hydrogens (tertiary/aromatic N) is 1. The Kier molecular flexibility index (Phi) is 7.09. The molecular formula is C12H15Cl2N3OS. The van der Waals surface area contributed by atoms with Crippen LogP contribution in [0.4, 0.5) is 0 Å². The van der Waals surface area contributed by atoms with Gasteiger partial charge in [-0.05, 0) is 36.8 Å². The van der Waals surface area contributed by atoms with Crippen LogP contribution in [0.25, 0.3) is 0 Å². The van der Waals surface area contributed by atoms with Crippen LogP contribution in [0.1, 0.15) is 12.5 Å². The highest BCUT2D eigenvalue weighted by Crippen LogP contribution is 2.21. The van der Waals surface area contributed by atoms with Crippen LogP contribution in [0.2, 0.25) is 10.0 Å². The zero-order valence-electron chi connectivity index (χ0n) is 10.6. The maximum atomic E-state index is 5.89. The number of thiocarbonyl (C=S) groups is 1. The Morgan fingerprint density at radius 1 is 1.47 bits per heavy atom. The summed E-state index contributed by atoms with van der Waals surface area (Å²) in [5.74, 6) is 0. The summed E-state index contributed by atoms with van der Waals surface area (Å²) >= 11 is 16.8. The number of methoxy groups -OCH3 is 1. The molecule has 0 heterocycles. The normalized spacial score (nSPS) is 12.4. The lowest BCUT2D eigenvalue weighted by atomic mass is 10.2. The molecule has 0 aliphatic rings. The molecule has 0 aliphatic carbocycles. The first kappa shape index (κ1) is 16.2. The third kappa shape index (κ3) is 6.20. The predicted molar refractivity (Wildman–Crippen MR) is 84.3 cm³/mol. The molecule has 0 aliphatic heterocycles. The predicted octanol–water partition coefficient (Wildman–Crippen LogP) is 2.83. The molecule has 1 atom stereocenters. The number of nitrogens with one attached hydrogen (secondary N) is 2. The summed E-state index contributed by atoms with van der Waals surface area (Å²) in [5, 5.41) is 8.46. The van der Waals surface area contributed by atoms with Gasteiger partial charge in [-0.25, -0.2) is 0 Å². The van der Waals surface area contributed by atoms with Crippen molar-refractivity contribution in [3.05, 3.63) is 33.8 Å². The van der Waals surface area contributed by atoms with Crippen molar-refractivity contribution in [2.45, 2.75) is 13.0 Å². The monoisotopic (exact) mass is 319 g/mol. The molecule has 1 aromatic carbocycles. The molecule has 19 heavy (non-hydrogen) atoms. The van der Waals surface area contributed by atoms with Gasteiger partial charge in [-0.3, -0.25) is 5.43 Å². The van der Waals surface area contributed by atoms with E-state index < -0.39 is 0 Å². The Bertz CT molecular complexity index is 468. The van der Waals surface area contributed by atoms with E-state index in [4.69, 9.17) is 40.2 Å². The van der Waals surface area contributed by atoms with Crippen molar-refractivity contribution >= 4 is 46.7 Å². The Labute approximate surface area is 128 Å². The molecule has 7 heteroatoms. The van der Waals surface area contributed by atoms with E-state index in [0.29, 0.717) is 21.8 Å². The molecule has 104 valence electrons. The van der Waals surface area contributed by atoms with Crippen LogP contribution in [-0.2, 0) is 4.74 Å². The lowest BCUT2D eigenvalue weighted by Crippen LogP contribution is -2.40. The maximum absolute atomic E-state index is 5.89. The highest BCUT2D eigenvalue weighted by molar-refractivity contribution is 7.80. The van der Waals surface area contributed by atoms with Gasteiger partial charge in [0.15, 0.2) is 5.11 Å². The summed E-state index contributed by atoms with van der Waals surface area (Å²) < 4.78 is 4.99. The maximum Gasteiger partial charge on any atom is 0.187 e. The molecule has 1 rings (SSSR count). The number of hydrazone groups is 1. The highest BCUT2D eigenvalue weighted by Gasteiger charge is 2.02. The van der Waals surface area contributed by atoms with E-state index in [0.717, 1.165) is 5.56 Å². The fraction of sp³-hybridized carbons (Fsp3) is 0.333. The van der Waals surface area contributed by atoms with Gasteiger partial charge in [0.1, 0.15) is 0 Å². The quantitative estimate of drug-likeness (QED) is 0.497. The molecule has 2 N–H and O–H groups in total. The lowest BCUT2D eigenvalue weighted by molar-refractivity contribution is 0.179. The van der Waals surface area contributed by atoms with E-state index in [9.17, 15) is 0 Å². The third-order valence-corrected chi connectivity index (χ3v) is 3.07. The summed E-state index contributed by atoms with van der Waals surface area (Å²) in [7, 11) is 1.64. The van der Waals surface area contributed by atoms with E-state index in [1.54, 1.807) is 25.5 Å². The number of benzene rings is 1. The van der Waals surface area contributed by atoms with Crippen molar-refractivity contribution in [1.29, 1.82) is 0 Å². The summed E-state index contributed by atoms with van der Waals surface area (Å²) in [6.45, 7) is 2.53. The molecule has 0 bridgehead atoms. The van der Waals surface area contributed by atoms with Crippen molar-refractivity contribution in [3.63, 3.8) is 0 Å². The molecule has 0 fully saturated rings. The van der Waals surface area contributed by atoms with Crippen LogP contribution >= 0.6 is 35.4 Å². The minimum atomic E-state index is 0.116. The first-order valence-electron chi connectivity index (χ1n) is 5.56. The Hall–Kier alpha value is -0.880. The van der Waals surface area contributed by atoms with Gasteiger partial charge in [-0.15, -0.1) is 0 Å². The standard InChI is InChI=1S/C12H15Cl2N3OS/c1-8(7-18-2)16-12(19)17-15-6-9-3-4-10(13)11(14)5-9/h3-6,8H,7H2,1-2H3,(H2,16,17,19)/b15-6-/t8-/m0/s1. The molecule has 0 spiro atoms. The minimum Gasteiger partial charge on any atom is -0.383 e.